The molecule has 0 amide bonds. The van der Waals surface area contributed by atoms with Crippen LogP contribution >= 0.6 is 0 Å². The van der Waals surface area contributed by atoms with Crippen LogP contribution in [0.25, 0.3) is 0 Å². The molecule has 1 heteroatoms. The molecule has 17 heavy (non-hydrogen) atoms. The van der Waals surface area contributed by atoms with E-state index in [4.69, 9.17) is 0 Å². The van der Waals surface area contributed by atoms with Crippen molar-refractivity contribution in [1.29, 1.82) is 0 Å². The fourth-order valence-electron chi connectivity index (χ4n) is 3.07. The third kappa shape index (κ3) is 1.91. The van der Waals surface area contributed by atoms with E-state index < -0.39 is 5.60 Å². The highest BCUT2D eigenvalue weighted by molar-refractivity contribution is 5.31. The minimum absolute atomic E-state index is 0.502. The normalized spacial score (nSPS) is 24.1. The van der Waals surface area contributed by atoms with Gasteiger partial charge in [-0.2, -0.15) is 0 Å². The van der Waals surface area contributed by atoms with Crippen LogP contribution in [-0.2, 0) is 5.60 Å². The zero-order valence-corrected chi connectivity index (χ0v) is 10.7. The number of aliphatic hydroxyl groups is 1. The summed E-state index contributed by atoms with van der Waals surface area (Å²) in [4.78, 5) is 0. The minimum Gasteiger partial charge on any atom is -0.385 e. The van der Waals surface area contributed by atoms with Crippen molar-refractivity contribution in [2.24, 2.45) is 5.92 Å². The molecule has 2 fully saturated rings. The molecule has 0 radical (unpaired) electrons. The summed E-state index contributed by atoms with van der Waals surface area (Å²) in [5.41, 5.74) is 2.04. The molecule has 0 spiro atoms. The molecular weight excluding hydrogens is 208 g/mol. The molecule has 1 aromatic carbocycles. The van der Waals surface area contributed by atoms with E-state index in [9.17, 15) is 5.11 Å². The molecule has 2 aliphatic rings. The van der Waals surface area contributed by atoms with Gasteiger partial charge in [0.1, 0.15) is 0 Å². The van der Waals surface area contributed by atoms with Crippen LogP contribution < -0.4 is 0 Å². The molecule has 92 valence electrons. The summed E-state index contributed by atoms with van der Waals surface area (Å²) in [7, 11) is 0. The van der Waals surface area contributed by atoms with E-state index in [-0.39, 0.29) is 0 Å². The first-order valence-corrected chi connectivity index (χ1v) is 7.07. The predicted molar refractivity (Wildman–Crippen MR) is 69.9 cm³/mol. The Bertz CT molecular complexity index is 386. The highest BCUT2D eigenvalue weighted by Gasteiger charge is 2.43. The number of rotatable bonds is 4. The van der Waals surface area contributed by atoms with Gasteiger partial charge in [0.25, 0.3) is 0 Å². The summed E-state index contributed by atoms with van der Waals surface area (Å²) < 4.78 is 0. The van der Waals surface area contributed by atoms with Gasteiger partial charge < -0.3 is 5.11 Å². The van der Waals surface area contributed by atoms with Crippen molar-refractivity contribution in [1.82, 2.24) is 0 Å². The summed E-state index contributed by atoms with van der Waals surface area (Å²) in [6.07, 6.45) is 7.29. The summed E-state index contributed by atoms with van der Waals surface area (Å²) >= 11 is 0. The molecule has 1 atom stereocenters. The van der Waals surface area contributed by atoms with E-state index in [1.54, 1.807) is 0 Å². The topological polar surface area (TPSA) is 20.2 Å². The van der Waals surface area contributed by atoms with Crippen LogP contribution in [0.4, 0.5) is 0 Å². The molecule has 1 aromatic rings. The van der Waals surface area contributed by atoms with Gasteiger partial charge in [-0.05, 0) is 55.1 Å². The first kappa shape index (κ1) is 11.3. The summed E-state index contributed by atoms with van der Waals surface area (Å²) in [5.74, 6) is 1.29. The second-order valence-corrected chi connectivity index (χ2v) is 5.80. The second-order valence-electron chi connectivity index (χ2n) is 5.80. The van der Waals surface area contributed by atoms with Gasteiger partial charge in [0, 0.05) is 0 Å². The molecule has 1 N–H and O–H groups in total. The smallest absolute Gasteiger partial charge is 0.0921 e. The average molecular weight is 230 g/mol. The lowest BCUT2D eigenvalue weighted by atomic mass is 9.78. The van der Waals surface area contributed by atoms with E-state index in [1.807, 2.05) is 0 Å². The van der Waals surface area contributed by atoms with Crippen molar-refractivity contribution in [3.05, 3.63) is 35.4 Å². The Morgan fingerprint density at radius 3 is 2.18 bits per heavy atom. The molecule has 1 unspecified atom stereocenters. The Morgan fingerprint density at radius 2 is 1.76 bits per heavy atom. The molecule has 0 aromatic heterocycles. The summed E-state index contributed by atoms with van der Waals surface area (Å²) in [6.45, 7) is 2.10. The zero-order valence-electron chi connectivity index (χ0n) is 10.7. The number of hydrogen-bond acceptors (Lipinski definition) is 1. The molecule has 0 heterocycles. The molecule has 0 bridgehead atoms. The minimum atomic E-state index is -0.557. The van der Waals surface area contributed by atoms with Crippen molar-refractivity contribution >= 4 is 0 Å². The van der Waals surface area contributed by atoms with Crippen LogP contribution in [0.15, 0.2) is 24.3 Å². The predicted octanol–water partition coefficient (Wildman–Crippen LogP) is 3.96. The summed E-state index contributed by atoms with van der Waals surface area (Å²) in [6, 6.07) is 8.80. The average Bonchev–Trinajstić information content (AvgIpc) is 3.11. The highest BCUT2D eigenvalue weighted by atomic mass is 16.3. The Balaban J connectivity index is 1.82. The van der Waals surface area contributed by atoms with Crippen LogP contribution in [0.1, 0.15) is 62.5 Å². The van der Waals surface area contributed by atoms with Crippen LogP contribution in [0.3, 0.4) is 0 Å². The van der Waals surface area contributed by atoms with E-state index in [1.165, 1.54) is 37.7 Å². The molecule has 1 nitrogen and oxygen atoms in total. The van der Waals surface area contributed by atoms with Gasteiger partial charge in [0.2, 0.25) is 0 Å². The van der Waals surface area contributed by atoms with Gasteiger partial charge in [0.15, 0.2) is 0 Å². The molecule has 2 saturated carbocycles. The maximum absolute atomic E-state index is 10.7. The van der Waals surface area contributed by atoms with Crippen molar-refractivity contribution in [3.63, 3.8) is 0 Å². The molecule has 0 saturated heterocycles. The quantitative estimate of drug-likeness (QED) is 0.830. The van der Waals surface area contributed by atoms with Gasteiger partial charge in [-0.25, -0.2) is 0 Å². The van der Waals surface area contributed by atoms with Crippen molar-refractivity contribution in [2.45, 2.75) is 57.0 Å². The second kappa shape index (κ2) is 4.13. The lowest BCUT2D eigenvalue weighted by molar-refractivity contribution is 0.00888. The lowest BCUT2D eigenvalue weighted by Gasteiger charge is -2.29. The van der Waals surface area contributed by atoms with Gasteiger partial charge >= 0.3 is 0 Å². The van der Waals surface area contributed by atoms with E-state index in [0.717, 1.165) is 17.9 Å². The number of benzene rings is 1. The largest absolute Gasteiger partial charge is 0.385 e. The standard InChI is InChI=1S/C16H22O/c1-2-16(17,15-10-11-15)14-8-6-13(7-9-14)12-4-3-5-12/h6-9,12,15,17H,2-5,10-11H2,1H3. The first-order chi connectivity index (χ1) is 8.24. The fourth-order valence-corrected chi connectivity index (χ4v) is 3.07. The SMILES string of the molecule is CCC(O)(c1ccc(C2CCC2)cc1)C1CC1. The monoisotopic (exact) mass is 230 g/mol. The first-order valence-electron chi connectivity index (χ1n) is 7.07. The van der Waals surface area contributed by atoms with Crippen LogP contribution in [0, 0.1) is 5.92 Å². The van der Waals surface area contributed by atoms with Gasteiger partial charge in [-0.15, -0.1) is 0 Å². The Hall–Kier alpha value is -0.820. The van der Waals surface area contributed by atoms with Gasteiger partial charge in [0.05, 0.1) is 5.60 Å². The van der Waals surface area contributed by atoms with Crippen LogP contribution in [-0.4, -0.2) is 5.11 Å². The zero-order chi connectivity index (χ0) is 11.9. The van der Waals surface area contributed by atoms with Gasteiger partial charge in [-0.3, -0.25) is 0 Å². The Kier molecular flexibility index (Phi) is 2.74. The van der Waals surface area contributed by atoms with E-state index >= 15 is 0 Å². The van der Waals surface area contributed by atoms with Crippen molar-refractivity contribution < 1.29 is 5.11 Å². The van der Waals surface area contributed by atoms with Crippen LogP contribution in [0.2, 0.25) is 0 Å². The summed E-state index contributed by atoms with van der Waals surface area (Å²) in [5, 5.41) is 10.7. The fraction of sp³-hybridized carbons (Fsp3) is 0.625. The molecule has 2 aliphatic carbocycles. The molecular formula is C16H22O. The Labute approximate surface area is 104 Å². The van der Waals surface area contributed by atoms with Crippen molar-refractivity contribution in [3.8, 4) is 0 Å². The lowest BCUT2D eigenvalue weighted by Crippen LogP contribution is -2.27. The molecule has 0 aliphatic heterocycles. The third-order valence-electron chi connectivity index (χ3n) is 4.78. The molecule has 3 rings (SSSR count). The Morgan fingerprint density at radius 1 is 1.12 bits per heavy atom. The third-order valence-corrected chi connectivity index (χ3v) is 4.78. The maximum Gasteiger partial charge on any atom is 0.0921 e. The van der Waals surface area contributed by atoms with E-state index in [2.05, 4.69) is 31.2 Å². The van der Waals surface area contributed by atoms with E-state index in [0.29, 0.717) is 5.92 Å². The van der Waals surface area contributed by atoms with Gasteiger partial charge in [-0.1, -0.05) is 37.6 Å². The van der Waals surface area contributed by atoms with Crippen LogP contribution in [0.5, 0.6) is 0 Å². The van der Waals surface area contributed by atoms with Crippen molar-refractivity contribution in [2.75, 3.05) is 0 Å². The highest BCUT2D eigenvalue weighted by Crippen LogP contribution is 2.48. The maximum atomic E-state index is 10.7. The number of hydrogen-bond donors (Lipinski definition) is 1.